The molecular formula is C25H27NO5S. The summed E-state index contributed by atoms with van der Waals surface area (Å²) in [4.78, 5) is 25.3. The van der Waals surface area contributed by atoms with Crippen LogP contribution in [0.5, 0.6) is 0 Å². The van der Waals surface area contributed by atoms with Crippen LogP contribution in [0.25, 0.3) is 0 Å². The van der Waals surface area contributed by atoms with Gasteiger partial charge in [-0.05, 0) is 56.5 Å². The normalized spacial score (nSPS) is 11.4. The Balaban J connectivity index is 1.70. The Hall–Kier alpha value is -3.19. The topological polar surface area (TPSA) is 82.4 Å². The lowest BCUT2D eigenvalue weighted by molar-refractivity contribution is 0.0473. The fourth-order valence-electron chi connectivity index (χ4n) is 3.65. The number of esters is 1. The minimum atomic E-state index is -3.46. The minimum Gasteiger partial charge on any atom is -0.454 e. The van der Waals surface area contributed by atoms with E-state index in [9.17, 15) is 18.0 Å². The summed E-state index contributed by atoms with van der Waals surface area (Å²) in [6.45, 7) is 5.84. The Bertz CT molecular complexity index is 1260. The zero-order valence-corrected chi connectivity index (χ0v) is 19.5. The second-order valence-corrected chi connectivity index (χ2v) is 9.94. The summed E-state index contributed by atoms with van der Waals surface area (Å²) in [5.41, 5.74) is 4.24. The molecule has 3 aromatic rings. The highest BCUT2D eigenvalue weighted by Gasteiger charge is 2.20. The fraction of sp³-hybridized carbons (Fsp3) is 0.280. The number of aromatic nitrogens is 1. The van der Waals surface area contributed by atoms with Crippen LogP contribution < -0.4 is 0 Å². The number of Topliss-reactive ketones (excluding diaryl/α,β-unsaturated/α-hetero) is 1. The van der Waals surface area contributed by atoms with Gasteiger partial charge in [0.05, 0.1) is 10.5 Å². The zero-order valence-electron chi connectivity index (χ0n) is 18.7. The molecule has 0 spiro atoms. The maximum Gasteiger partial charge on any atom is 0.338 e. The summed E-state index contributed by atoms with van der Waals surface area (Å²) in [5.74, 6) is -1.02. The third-order valence-corrected chi connectivity index (χ3v) is 6.64. The van der Waals surface area contributed by atoms with Crippen molar-refractivity contribution in [2.75, 3.05) is 12.9 Å². The molecule has 0 bridgehead atoms. The molecule has 1 aromatic heterocycles. The van der Waals surface area contributed by atoms with E-state index in [1.807, 2.05) is 38.1 Å². The van der Waals surface area contributed by atoms with E-state index in [4.69, 9.17) is 4.74 Å². The number of carbonyl (C=O) groups is 2. The fourth-order valence-corrected chi connectivity index (χ4v) is 4.30. The molecule has 0 saturated heterocycles. The molecule has 0 fully saturated rings. The van der Waals surface area contributed by atoms with Gasteiger partial charge in [0.2, 0.25) is 5.78 Å². The van der Waals surface area contributed by atoms with Gasteiger partial charge in [0.1, 0.15) is 0 Å². The predicted molar refractivity (Wildman–Crippen MR) is 123 cm³/mol. The molecule has 0 atom stereocenters. The molecule has 0 aliphatic carbocycles. The molecule has 3 rings (SSSR count). The van der Waals surface area contributed by atoms with Crippen molar-refractivity contribution in [2.45, 2.75) is 38.6 Å². The first kappa shape index (κ1) is 23.5. The lowest BCUT2D eigenvalue weighted by Crippen LogP contribution is -2.16. The van der Waals surface area contributed by atoms with Gasteiger partial charge in [-0.1, -0.05) is 36.4 Å². The monoisotopic (exact) mass is 453 g/mol. The van der Waals surface area contributed by atoms with E-state index in [0.717, 1.165) is 30.6 Å². The molecule has 7 heteroatoms. The Morgan fingerprint density at radius 1 is 0.938 bits per heavy atom. The van der Waals surface area contributed by atoms with Gasteiger partial charge >= 0.3 is 5.97 Å². The van der Waals surface area contributed by atoms with Gasteiger partial charge in [0, 0.05) is 29.8 Å². The number of nitrogens with zero attached hydrogens (tertiary/aromatic N) is 1. The first-order chi connectivity index (χ1) is 15.1. The van der Waals surface area contributed by atoms with Crippen LogP contribution in [0.2, 0.25) is 0 Å². The highest BCUT2D eigenvalue weighted by atomic mass is 32.2. The smallest absolute Gasteiger partial charge is 0.338 e. The first-order valence-corrected chi connectivity index (χ1v) is 12.2. The van der Waals surface area contributed by atoms with Crippen molar-refractivity contribution < 1.29 is 22.7 Å². The zero-order chi connectivity index (χ0) is 23.5. The Morgan fingerprint density at radius 3 is 2.28 bits per heavy atom. The molecule has 0 aliphatic rings. The predicted octanol–water partition coefficient (Wildman–Crippen LogP) is 4.10. The van der Waals surface area contributed by atoms with Crippen LogP contribution in [-0.2, 0) is 27.5 Å². The van der Waals surface area contributed by atoms with Crippen molar-refractivity contribution in [3.05, 3.63) is 88.2 Å². The number of ether oxygens (including phenoxy) is 1. The maximum atomic E-state index is 12.8. The molecule has 168 valence electrons. The van der Waals surface area contributed by atoms with Crippen molar-refractivity contribution >= 4 is 21.6 Å². The van der Waals surface area contributed by atoms with E-state index in [0.29, 0.717) is 11.1 Å². The van der Waals surface area contributed by atoms with Crippen LogP contribution in [-0.4, -0.2) is 37.6 Å². The second kappa shape index (κ2) is 9.53. The van der Waals surface area contributed by atoms with Crippen LogP contribution in [0.15, 0.2) is 59.5 Å². The van der Waals surface area contributed by atoms with Crippen LogP contribution in [0.3, 0.4) is 0 Å². The number of aryl methyl sites for hydroxylation is 3. The largest absolute Gasteiger partial charge is 0.454 e. The SMILES string of the molecule is Cc1ccc(S(C)(=O)=O)cc1C(=O)OCC(=O)c1cc(C)n(CCc2ccccc2)c1C. The number of hydrogen-bond donors (Lipinski definition) is 0. The summed E-state index contributed by atoms with van der Waals surface area (Å²) < 4.78 is 30.9. The van der Waals surface area contributed by atoms with E-state index >= 15 is 0 Å². The van der Waals surface area contributed by atoms with E-state index < -0.39 is 22.4 Å². The van der Waals surface area contributed by atoms with Gasteiger partial charge in [-0.15, -0.1) is 0 Å². The summed E-state index contributed by atoms with van der Waals surface area (Å²) in [7, 11) is -3.46. The van der Waals surface area contributed by atoms with E-state index in [1.54, 1.807) is 13.0 Å². The first-order valence-electron chi connectivity index (χ1n) is 10.3. The number of carbonyl (C=O) groups excluding carboxylic acids is 2. The Kier molecular flexibility index (Phi) is 6.99. The second-order valence-electron chi connectivity index (χ2n) is 7.92. The Morgan fingerprint density at radius 2 is 1.62 bits per heavy atom. The summed E-state index contributed by atoms with van der Waals surface area (Å²) in [6, 6.07) is 16.2. The van der Waals surface area contributed by atoms with Crippen molar-refractivity contribution in [2.24, 2.45) is 0 Å². The van der Waals surface area contributed by atoms with Crippen molar-refractivity contribution in [3.63, 3.8) is 0 Å². The maximum absolute atomic E-state index is 12.8. The number of hydrogen-bond acceptors (Lipinski definition) is 5. The lowest BCUT2D eigenvalue weighted by Gasteiger charge is -2.10. The molecule has 6 nitrogen and oxygen atoms in total. The molecule has 0 radical (unpaired) electrons. The third-order valence-electron chi connectivity index (χ3n) is 5.53. The highest BCUT2D eigenvalue weighted by Crippen LogP contribution is 2.19. The molecule has 0 N–H and O–H groups in total. The molecule has 0 aliphatic heterocycles. The number of rotatable bonds is 8. The number of benzene rings is 2. The van der Waals surface area contributed by atoms with Gasteiger partial charge in [-0.2, -0.15) is 0 Å². The van der Waals surface area contributed by atoms with Crippen molar-refractivity contribution in [1.82, 2.24) is 4.57 Å². The van der Waals surface area contributed by atoms with Crippen LogP contribution in [0, 0.1) is 20.8 Å². The molecule has 2 aromatic carbocycles. The molecule has 1 heterocycles. The average molecular weight is 454 g/mol. The van der Waals surface area contributed by atoms with E-state index in [2.05, 4.69) is 16.7 Å². The van der Waals surface area contributed by atoms with Crippen molar-refractivity contribution in [1.29, 1.82) is 0 Å². The van der Waals surface area contributed by atoms with E-state index in [-0.39, 0.29) is 16.2 Å². The van der Waals surface area contributed by atoms with Crippen LogP contribution in [0.1, 0.15) is 43.2 Å². The van der Waals surface area contributed by atoms with Crippen LogP contribution in [0.4, 0.5) is 0 Å². The highest BCUT2D eigenvalue weighted by molar-refractivity contribution is 7.90. The molecule has 32 heavy (non-hydrogen) atoms. The molecule has 0 unspecified atom stereocenters. The summed E-state index contributed by atoms with van der Waals surface area (Å²) in [5, 5.41) is 0. The summed E-state index contributed by atoms with van der Waals surface area (Å²) >= 11 is 0. The lowest BCUT2D eigenvalue weighted by atomic mass is 10.1. The average Bonchev–Trinajstić information content (AvgIpc) is 3.04. The van der Waals surface area contributed by atoms with Gasteiger partial charge in [-0.25, -0.2) is 13.2 Å². The van der Waals surface area contributed by atoms with Crippen LogP contribution >= 0.6 is 0 Å². The quantitative estimate of drug-likeness (QED) is 0.379. The van der Waals surface area contributed by atoms with Crippen molar-refractivity contribution in [3.8, 4) is 0 Å². The number of ketones is 1. The molecule has 0 saturated carbocycles. The molecular weight excluding hydrogens is 426 g/mol. The summed E-state index contributed by atoms with van der Waals surface area (Å²) in [6.07, 6.45) is 1.92. The van der Waals surface area contributed by atoms with E-state index in [1.165, 1.54) is 17.7 Å². The number of sulfone groups is 1. The standard InChI is InChI=1S/C25H27NO5S/c1-17-10-11-21(32(4,29)30)15-22(17)25(28)31-16-24(27)23-14-18(2)26(19(23)3)13-12-20-8-6-5-7-9-20/h5-11,14-15H,12-13,16H2,1-4H3. The van der Waals surface area contributed by atoms with Gasteiger partial charge in [0.25, 0.3) is 0 Å². The Labute approximate surface area is 188 Å². The minimum absolute atomic E-state index is 0.0309. The van der Waals surface area contributed by atoms with Gasteiger partial charge in [-0.3, -0.25) is 4.79 Å². The van der Waals surface area contributed by atoms with Gasteiger partial charge < -0.3 is 9.30 Å². The molecule has 0 amide bonds. The third kappa shape index (κ3) is 5.34. The van der Waals surface area contributed by atoms with Gasteiger partial charge in [0.15, 0.2) is 16.4 Å².